The van der Waals surface area contributed by atoms with Gasteiger partial charge in [0, 0.05) is 25.8 Å². The van der Waals surface area contributed by atoms with Crippen molar-refractivity contribution in [3.05, 3.63) is 65.7 Å². The molecule has 0 aliphatic rings. The Morgan fingerprint density at radius 1 is 0.815 bits per heavy atom. The SMILES string of the molecule is CC(CCCCCOCCCCc1ccccc1)NCc1ccc(O)cc1. The number of unbranched alkanes of at least 4 members (excludes halogenated alkanes) is 3. The van der Waals surface area contributed by atoms with E-state index < -0.39 is 0 Å². The third kappa shape index (κ3) is 10.2. The summed E-state index contributed by atoms with van der Waals surface area (Å²) in [4.78, 5) is 0. The molecule has 0 saturated carbocycles. The van der Waals surface area contributed by atoms with Gasteiger partial charge >= 0.3 is 0 Å². The minimum Gasteiger partial charge on any atom is -0.508 e. The van der Waals surface area contributed by atoms with Gasteiger partial charge in [-0.15, -0.1) is 0 Å². The minimum atomic E-state index is 0.324. The second-order valence-electron chi connectivity index (χ2n) is 7.35. The van der Waals surface area contributed by atoms with Gasteiger partial charge in [-0.25, -0.2) is 0 Å². The normalized spacial score (nSPS) is 12.2. The van der Waals surface area contributed by atoms with Gasteiger partial charge in [0.25, 0.3) is 0 Å². The van der Waals surface area contributed by atoms with Crippen LogP contribution in [0.5, 0.6) is 5.75 Å². The molecule has 1 atom stereocenters. The average molecular weight is 370 g/mol. The molecular formula is C24H35NO2. The summed E-state index contributed by atoms with van der Waals surface area (Å²) in [6.45, 7) is 4.87. The van der Waals surface area contributed by atoms with Crippen LogP contribution in [0.4, 0.5) is 0 Å². The van der Waals surface area contributed by atoms with E-state index in [1.165, 1.54) is 36.8 Å². The average Bonchev–Trinajstić information content (AvgIpc) is 2.70. The summed E-state index contributed by atoms with van der Waals surface area (Å²) in [5, 5.41) is 12.8. The molecule has 0 amide bonds. The highest BCUT2D eigenvalue weighted by Crippen LogP contribution is 2.10. The van der Waals surface area contributed by atoms with Crippen LogP contribution >= 0.6 is 0 Å². The van der Waals surface area contributed by atoms with Crippen LogP contribution < -0.4 is 5.32 Å². The monoisotopic (exact) mass is 369 g/mol. The van der Waals surface area contributed by atoms with Crippen LogP contribution in [0.3, 0.4) is 0 Å². The van der Waals surface area contributed by atoms with E-state index in [2.05, 4.69) is 42.6 Å². The van der Waals surface area contributed by atoms with E-state index in [9.17, 15) is 5.11 Å². The Morgan fingerprint density at radius 2 is 1.52 bits per heavy atom. The van der Waals surface area contributed by atoms with Gasteiger partial charge in [0.15, 0.2) is 0 Å². The van der Waals surface area contributed by atoms with Crippen LogP contribution in [0.15, 0.2) is 54.6 Å². The third-order valence-corrected chi connectivity index (χ3v) is 4.86. The van der Waals surface area contributed by atoms with Crippen molar-refractivity contribution >= 4 is 0 Å². The quantitative estimate of drug-likeness (QED) is 0.434. The number of aryl methyl sites for hydroxylation is 1. The smallest absolute Gasteiger partial charge is 0.115 e. The van der Waals surface area contributed by atoms with Crippen molar-refractivity contribution in [3.8, 4) is 5.75 Å². The number of phenols is 1. The molecule has 0 radical (unpaired) electrons. The van der Waals surface area contributed by atoms with Gasteiger partial charge in [0.05, 0.1) is 0 Å². The molecule has 0 spiro atoms. The number of nitrogens with one attached hydrogen (secondary N) is 1. The third-order valence-electron chi connectivity index (χ3n) is 4.86. The fourth-order valence-corrected chi connectivity index (χ4v) is 3.12. The zero-order valence-electron chi connectivity index (χ0n) is 16.7. The van der Waals surface area contributed by atoms with E-state index in [4.69, 9.17) is 4.74 Å². The summed E-state index contributed by atoms with van der Waals surface area (Å²) in [5.41, 5.74) is 2.63. The molecule has 27 heavy (non-hydrogen) atoms. The number of phenolic OH excluding ortho intramolecular Hbond substituents is 1. The Balaban J connectivity index is 1.37. The molecule has 2 rings (SSSR count). The minimum absolute atomic E-state index is 0.324. The van der Waals surface area contributed by atoms with Crippen LogP contribution in [0.1, 0.15) is 56.6 Å². The Labute approximate surface area is 164 Å². The van der Waals surface area contributed by atoms with Crippen molar-refractivity contribution in [3.63, 3.8) is 0 Å². The lowest BCUT2D eigenvalue weighted by Crippen LogP contribution is -2.25. The molecule has 0 aliphatic heterocycles. The van der Waals surface area contributed by atoms with Gasteiger partial charge in [-0.2, -0.15) is 0 Å². The first-order chi connectivity index (χ1) is 13.2. The fraction of sp³-hybridized carbons (Fsp3) is 0.500. The maximum absolute atomic E-state index is 9.30. The number of ether oxygens (including phenoxy) is 1. The second kappa shape index (κ2) is 13.3. The molecule has 1 unspecified atom stereocenters. The van der Waals surface area contributed by atoms with Crippen molar-refractivity contribution in [1.82, 2.24) is 5.32 Å². The van der Waals surface area contributed by atoms with Crippen LogP contribution in [0.2, 0.25) is 0 Å². The Kier molecular flexibility index (Phi) is 10.6. The van der Waals surface area contributed by atoms with Gasteiger partial charge in [-0.05, 0) is 62.3 Å². The molecule has 2 aromatic rings. The molecule has 3 heteroatoms. The van der Waals surface area contributed by atoms with Gasteiger partial charge in [0.2, 0.25) is 0 Å². The van der Waals surface area contributed by atoms with E-state index in [1.807, 2.05) is 12.1 Å². The number of hydrogen-bond donors (Lipinski definition) is 2. The zero-order chi connectivity index (χ0) is 19.2. The zero-order valence-corrected chi connectivity index (χ0v) is 16.7. The van der Waals surface area contributed by atoms with Crippen LogP contribution in [-0.2, 0) is 17.7 Å². The molecule has 0 fully saturated rings. The topological polar surface area (TPSA) is 41.5 Å². The second-order valence-corrected chi connectivity index (χ2v) is 7.35. The summed E-state index contributed by atoms with van der Waals surface area (Å²) in [6.07, 6.45) is 8.31. The Hall–Kier alpha value is -1.84. The lowest BCUT2D eigenvalue weighted by Gasteiger charge is -2.14. The van der Waals surface area contributed by atoms with Crippen molar-refractivity contribution in [2.45, 2.75) is 64.5 Å². The predicted molar refractivity (Wildman–Crippen MR) is 113 cm³/mol. The summed E-state index contributed by atoms with van der Waals surface area (Å²) in [6, 6.07) is 18.6. The van der Waals surface area contributed by atoms with Gasteiger partial charge in [0.1, 0.15) is 5.75 Å². The summed E-state index contributed by atoms with van der Waals surface area (Å²) >= 11 is 0. The van der Waals surface area contributed by atoms with Crippen LogP contribution in [-0.4, -0.2) is 24.4 Å². The maximum Gasteiger partial charge on any atom is 0.115 e. The van der Waals surface area contributed by atoms with Crippen LogP contribution in [0.25, 0.3) is 0 Å². The molecule has 2 aromatic carbocycles. The predicted octanol–water partition coefficient (Wildman–Crippen LogP) is 5.47. The van der Waals surface area contributed by atoms with Crippen LogP contribution in [0, 0.1) is 0 Å². The number of benzene rings is 2. The Morgan fingerprint density at radius 3 is 2.26 bits per heavy atom. The fourth-order valence-electron chi connectivity index (χ4n) is 3.12. The Bertz CT molecular complexity index is 598. The molecule has 0 heterocycles. The number of hydrogen-bond acceptors (Lipinski definition) is 3. The summed E-state index contributed by atoms with van der Waals surface area (Å²) in [7, 11) is 0. The number of rotatable bonds is 14. The molecule has 0 aromatic heterocycles. The molecule has 3 nitrogen and oxygen atoms in total. The van der Waals surface area contributed by atoms with Gasteiger partial charge < -0.3 is 15.2 Å². The standard InChI is InChI=1S/C24H35NO2/c1-21(25-20-23-14-16-24(26)17-15-23)10-4-3-8-18-27-19-9-7-13-22-11-5-2-6-12-22/h2,5-6,11-12,14-17,21,25-26H,3-4,7-10,13,18-20H2,1H3. The molecular weight excluding hydrogens is 334 g/mol. The first-order valence-corrected chi connectivity index (χ1v) is 10.4. The van der Waals surface area contributed by atoms with E-state index in [-0.39, 0.29) is 0 Å². The van der Waals surface area contributed by atoms with Crippen molar-refractivity contribution < 1.29 is 9.84 Å². The number of aromatic hydroxyl groups is 1. The van der Waals surface area contributed by atoms with Crippen molar-refractivity contribution in [2.24, 2.45) is 0 Å². The molecule has 2 N–H and O–H groups in total. The largest absolute Gasteiger partial charge is 0.508 e. The summed E-state index contributed by atoms with van der Waals surface area (Å²) in [5.74, 6) is 0.324. The van der Waals surface area contributed by atoms with E-state index >= 15 is 0 Å². The lowest BCUT2D eigenvalue weighted by atomic mass is 10.1. The first kappa shape index (κ1) is 21.5. The highest BCUT2D eigenvalue weighted by molar-refractivity contribution is 5.25. The van der Waals surface area contributed by atoms with Crippen molar-refractivity contribution in [2.75, 3.05) is 13.2 Å². The lowest BCUT2D eigenvalue weighted by molar-refractivity contribution is 0.126. The highest BCUT2D eigenvalue weighted by Gasteiger charge is 2.02. The molecule has 0 bridgehead atoms. The molecule has 148 valence electrons. The van der Waals surface area contributed by atoms with Gasteiger partial charge in [-0.1, -0.05) is 55.3 Å². The first-order valence-electron chi connectivity index (χ1n) is 10.4. The van der Waals surface area contributed by atoms with E-state index in [0.29, 0.717) is 11.8 Å². The highest BCUT2D eigenvalue weighted by atomic mass is 16.5. The van der Waals surface area contributed by atoms with Crippen molar-refractivity contribution in [1.29, 1.82) is 0 Å². The summed E-state index contributed by atoms with van der Waals surface area (Å²) < 4.78 is 5.76. The molecule has 0 saturated heterocycles. The molecule has 0 aliphatic carbocycles. The van der Waals surface area contributed by atoms with Gasteiger partial charge in [-0.3, -0.25) is 0 Å². The van der Waals surface area contributed by atoms with E-state index in [0.717, 1.165) is 39.0 Å². The maximum atomic E-state index is 9.30. The van der Waals surface area contributed by atoms with E-state index in [1.54, 1.807) is 12.1 Å².